The van der Waals surface area contributed by atoms with Gasteiger partial charge in [-0.2, -0.15) is 5.10 Å². The average molecular weight is 235 g/mol. The largest absolute Gasteiger partial charge is 0.312 e. The van der Waals surface area contributed by atoms with Crippen LogP contribution in [0.1, 0.15) is 32.6 Å². The van der Waals surface area contributed by atoms with Crippen LogP contribution in [0.3, 0.4) is 0 Å². The lowest BCUT2D eigenvalue weighted by molar-refractivity contribution is 0.303. The highest BCUT2D eigenvalue weighted by molar-refractivity contribution is 4.85. The Morgan fingerprint density at radius 3 is 2.88 bits per heavy atom. The minimum Gasteiger partial charge on any atom is -0.312 e. The third-order valence-corrected chi connectivity index (χ3v) is 3.56. The third-order valence-electron chi connectivity index (χ3n) is 3.56. The van der Waals surface area contributed by atoms with E-state index in [2.05, 4.69) is 17.3 Å². The van der Waals surface area contributed by atoms with E-state index in [9.17, 15) is 4.79 Å². The Labute approximate surface area is 102 Å². The van der Waals surface area contributed by atoms with Crippen molar-refractivity contribution in [3.63, 3.8) is 0 Å². The Balaban J connectivity index is 1.73. The zero-order valence-corrected chi connectivity index (χ0v) is 10.4. The van der Waals surface area contributed by atoms with Crippen LogP contribution in [0, 0.1) is 5.92 Å². The SMILES string of the molecule is CC1CCC(NCCn2ncccc2=O)CC1. The molecule has 0 amide bonds. The molecule has 17 heavy (non-hydrogen) atoms. The van der Waals surface area contributed by atoms with E-state index in [-0.39, 0.29) is 5.56 Å². The molecule has 1 aromatic rings. The molecule has 94 valence electrons. The number of nitrogens with one attached hydrogen (secondary N) is 1. The molecule has 1 aliphatic carbocycles. The van der Waals surface area contributed by atoms with Crippen LogP contribution in [-0.2, 0) is 6.54 Å². The maximum Gasteiger partial charge on any atom is 0.266 e. The molecule has 0 aromatic carbocycles. The number of rotatable bonds is 4. The van der Waals surface area contributed by atoms with Gasteiger partial charge < -0.3 is 5.32 Å². The lowest BCUT2D eigenvalue weighted by Gasteiger charge is -2.27. The zero-order chi connectivity index (χ0) is 12.1. The van der Waals surface area contributed by atoms with E-state index in [0.29, 0.717) is 12.6 Å². The Morgan fingerprint density at radius 2 is 2.18 bits per heavy atom. The first kappa shape index (κ1) is 12.3. The van der Waals surface area contributed by atoms with Gasteiger partial charge in [0.2, 0.25) is 0 Å². The highest BCUT2D eigenvalue weighted by Crippen LogP contribution is 2.23. The minimum atomic E-state index is -0.0217. The lowest BCUT2D eigenvalue weighted by atomic mass is 9.87. The fourth-order valence-corrected chi connectivity index (χ4v) is 2.39. The summed E-state index contributed by atoms with van der Waals surface area (Å²) in [6.45, 7) is 3.81. The first-order valence-corrected chi connectivity index (χ1v) is 6.51. The highest BCUT2D eigenvalue weighted by Gasteiger charge is 2.17. The molecule has 1 fully saturated rings. The minimum absolute atomic E-state index is 0.0217. The molecule has 0 radical (unpaired) electrons. The van der Waals surface area contributed by atoms with Crippen molar-refractivity contribution in [2.45, 2.75) is 45.2 Å². The molecule has 1 saturated carbocycles. The summed E-state index contributed by atoms with van der Waals surface area (Å²) in [5, 5.41) is 7.56. The summed E-state index contributed by atoms with van der Waals surface area (Å²) < 4.78 is 1.51. The summed E-state index contributed by atoms with van der Waals surface area (Å²) in [7, 11) is 0. The zero-order valence-electron chi connectivity index (χ0n) is 10.4. The number of aromatic nitrogens is 2. The Kier molecular flexibility index (Phi) is 4.31. The Bertz CT molecular complexity index is 394. The van der Waals surface area contributed by atoms with E-state index in [1.54, 1.807) is 18.3 Å². The van der Waals surface area contributed by atoms with E-state index in [1.165, 1.54) is 30.4 Å². The van der Waals surface area contributed by atoms with Crippen molar-refractivity contribution in [1.29, 1.82) is 0 Å². The van der Waals surface area contributed by atoms with Crippen molar-refractivity contribution >= 4 is 0 Å². The number of hydrogen-bond acceptors (Lipinski definition) is 3. The van der Waals surface area contributed by atoms with Crippen molar-refractivity contribution < 1.29 is 0 Å². The molecule has 0 spiro atoms. The monoisotopic (exact) mass is 235 g/mol. The van der Waals surface area contributed by atoms with Crippen LogP contribution in [0.15, 0.2) is 23.1 Å². The summed E-state index contributed by atoms with van der Waals surface area (Å²) in [6.07, 6.45) is 6.82. The van der Waals surface area contributed by atoms with Crippen LogP contribution in [0.4, 0.5) is 0 Å². The highest BCUT2D eigenvalue weighted by atomic mass is 16.1. The van der Waals surface area contributed by atoms with Crippen LogP contribution in [-0.4, -0.2) is 22.4 Å². The number of nitrogens with zero attached hydrogens (tertiary/aromatic N) is 2. The summed E-state index contributed by atoms with van der Waals surface area (Å²) in [6, 6.07) is 3.86. The Hall–Kier alpha value is -1.16. The molecule has 0 bridgehead atoms. The molecule has 1 heterocycles. The fraction of sp³-hybridized carbons (Fsp3) is 0.692. The van der Waals surface area contributed by atoms with Gasteiger partial charge >= 0.3 is 0 Å². The second-order valence-corrected chi connectivity index (χ2v) is 5.00. The van der Waals surface area contributed by atoms with Crippen molar-refractivity contribution in [3.8, 4) is 0 Å². The first-order chi connectivity index (χ1) is 8.25. The van der Waals surface area contributed by atoms with Crippen LogP contribution in [0.2, 0.25) is 0 Å². The van der Waals surface area contributed by atoms with Crippen molar-refractivity contribution in [2.24, 2.45) is 5.92 Å². The molecule has 0 aliphatic heterocycles. The maximum atomic E-state index is 11.4. The molecular formula is C13H21N3O. The van der Waals surface area contributed by atoms with Crippen LogP contribution < -0.4 is 10.9 Å². The molecule has 2 rings (SSSR count). The molecule has 4 nitrogen and oxygen atoms in total. The van der Waals surface area contributed by atoms with E-state index in [1.807, 2.05) is 0 Å². The fourth-order valence-electron chi connectivity index (χ4n) is 2.39. The molecule has 0 atom stereocenters. The molecule has 0 saturated heterocycles. The standard InChI is InChI=1S/C13H21N3O/c1-11-4-6-12(7-5-11)14-9-10-16-13(17)3-2-8-15-16/h2-3,8,11-12,14H,4-7,9-10H2,1H3. The lowest BCUT2D eigenvalue weighted by Crippen LogP contribution is -2.36. The van der Waals surface area contributed by atoms with Gasteiger partial charge in [-0.05, 0) is 37.7 Å². The van der Waals surface area contributed by atoms with Gasteiger partial charge in [-0.15, -0.1) is 0 Å². The molecule has 0 unspecified atom stereocenters. The van der Waals surface area contributed by atoms with Gasteiger partial charge in [0.1, 0.15) is 0 Å². The second kappa shape index (κ2) is 5.96. The topological polar surface area (TPSA) is 46.9 Å². The van der Waals surface area contributed by atoms with E-state index < -0.39 is 0 Å². The van der Waals surface area contributed by atoms with Gasteiger partial charge in [0.15, 0.2) is 0 Å². The second-order valence-electron chi connectivity index (χ2n) is 5.00. The van der Waals surface area contributed by atoms with Gasteiger partial charge in [0.25, 0.3) is 5.56 Å². The molecule has 1 aromatic heterocycles. The van der Waals surface area contributed by atoms with Crippen molar-refractivity contribution in [3.05, 3.63) is 28.7 Å². The van der Waals surface area contributed by atoms with Crippen LogP contribution in [0.5, 0.6) is 0 Å². The van der Waals surface area contributed by atoms with Gasteiger partial charge in [-0.3, -0.25) is 4.79 Å². The van der Waals surface area contributed by atoms with Crippen molar-refractivity contribution in [2.75, 3.05) is 6.54 Å². The quantitative estimate of drug-likeness (QED) is 0.858. The predicted molar refractivity (Wildman–Crippen MR) is 67.9 cm³/mol. The van der Waals surface area contributed by atoms with Crippen LogP contribution in [0.25, 0.3) is 0 Å². The molecule has 1 aliphatic rings. The van der Waals surface area contributed by atoms with E-state index in [0.717, 1.165) is 12.5 Å². The predicted octanol–water partition coefficient (Wildman–Crippen LogP) is 1.41. The molecular weight excluding hydrogens is 214 g/mol. The van der Waals surface area contributed by atoms with Gasteiger partial charge in [-0.25, -0.2) is 4.68 Å². The molecule has 1 N–H and O–H groups in total. The Morgan fingerprint density at radius 1 is 1.41 bits per heavy atom. The summed E-state index contributed by atoms with van der Waals surface area (Å²) >= 11 is 0. The van der Waals surface area contributed by atoms with Crippen molar-refractivity contribution in [1.82, 2.24) is 15.1 Å². The first-order valence-electron chi connectivity index (χ1n) is 6.51. The smallest absolute Gasteiger partial charge is 0.266 e. The number of hydrogen-bond donors (Lipinski definition) is 1. The summed E-state index contributed by atoms with van der Waals surface area (Å²) in [5.41, 5.74) is -0.0217. The summed E-state index contributed by atoms with van der Waals surface area (Å²) in [5.74, 6) is 0.881. The summed E-state index contributed by atoms with van der Waals surface area (Å²) in [4.78, 5) is 11.4. The third kappa shape index (κ3) is 3.66. The van der Waals surface area contributed by atoms with E-state index in [4.69, 9.17) is 0 Å². The van der Waals surface area contributed by atoms with Gasteiger partial charge in [-0.1, -0.05) is 6.92 Å². The average Bonchev–Trinajstić information content (AvgIpc) is 2.34. The maximum absolute atomic E-state index is 11.4. The molecule has 4 heteroatoms. The normalized spacial score (nSPS) is 24.8. The van der Waals surface area contributed by atoms with Crippen LogP contribution >= 0.6 is 0 Å². The van der Waals surface area contributed by atoms with Gasteiger partial charge in [0.05, 0.1) is 6.54 Å². The van der Waals surface area contributed by atoms with Gasteiger partial charge in [0, 0.05) is 24.8 Å². The van der Waals surface area contributed by atoms with E-state index >= 15 is 0 Å².